The Hall–Kier alpha value is -1.38. The van der Waals surface area contributed by atoms with E-state index in [-0.39, 0.29) is 22.9 Å². The smallest absolute Gasteiger partial charge is 0.243 e. The molecule has 0 amide bonds. The first-order chi connectivity index (χ1) is 10.3. The van der Waals surface area contributed by atoms with Gasteiger partial charge in [-0.25, -0.2) is 16.8 Å². The molecule has 1 fully saturated rings. The van der Waals surface area contributed by atoms with Crippen LogP contribution in [-0.2, 0) is 19.9 Å². The van der Waals surface area contributed by atoms with E-state index in [1.54, 1.807) is 12.1 Å². The average Bonchev–Trinajstić information content (AvgIpc) is 2.84. The molecule has 122 valence electrons. The number of ether oxygens (including phenoxy) is 1. The molecule has 22 heavy (non-hydrogen) atoms. The molecule has 1 atom stereocenters. The molecule has 0 N–H and O–H groups in total. The zero-order valence-corrected chi connectivity index (χ0v) is 13.9. The van der Waals surface area contributed by atoms with E-state index in [0.717, 1.165) is 0 Å². The fraction of sp³-hybridized carbons (Fsp3) is 0.429. The normalized spacial score (nSPS) is 20.9. The van der Waals surface area contributed by atoms with Crippen LogP contribution in [0.2, 0.25) is 0 Å². The third-order valence-electron chi connectivity index (χ3n) is 3.59. The lowest BCUT2D eigenvalue weighted by molar-refractivity contribution is 0.367. The number of hydrogen-bond acceptors (Lipinski definition) is 5. The maximum absolute atomic E-state index is 12.8. The highest BCUT2D eigenvalue weighted by atomic mass is 32.2. The molecular weight excluding hydrogens is 326 g/mol. The van der Waals surface area contributed by atoms with E-state index in [1.165, 1.54) is 29.6 Å². The van der Waals surface area contributed by atoms with E-state index in [1.807, 2.05) is 0 Å². The van der Waals surface area contributed by atoms with E-state index in [0.29, 0.717) is 12.2 Å². The molecule has 0 radical (unpaired) electrons. The van der Waals surface area contributed by atoms with Gasteiger partial charge in [-0.1, -0.05) is 6.08 Å². The lowest BCUT2D eigenvalue weighted by Crippen LogP contribution is -2.41. The highest BCUT2D eigenvalue weighted by Crippen LogP contribution is 2.26. The number of sulfone groups is 1. The summed E-state index contributed by atoms with van der Waals surface area (Å²) in [7, 11) is -5.46. The predicted molar refractivity (Wildman–Crippen MR) is 84.1 cm³/mol. The number of sulfonamides is 1. The third kappa shape index (κ3) is 3.50. The van der Waals surface area contributed by atoms with Crippen molar-refractivity contribution in [3.63, 3.8) is 0 Å². The first-order valence-corrected chi connectivity index (χ1v) is 10.0. The van der Waals surface area contributed by atoms with Crippen LogP contribution >= 0.6 is 0 Å². The summed E-state index contributed by atoms with van der Waals surface area (Å²) in [5, 5.41) is 0. The predicted octanol–water partition coefficient (Wildman–Crippen LogP) is 1.06. The maximum atomic E-state index is 12.8. The summed E-state index contributed by atoms with van der Waals surface area (Å²) in [6, 6.07) is 5.48. The fourth-order valence-corrected chi connectivity index (χ4v) is 5.91. The van der Waals surface area contributed by atoms with Crippen LogP contribution in [0, 0.1) is 0 Å². The molecule has 0 saturated carbocycles. The molecular formula is C14H19NO5S2. The number of benzene rings is 1. The molecule has 0 aromatic heterocycles. The minimum Gasteiger partial charge on any atom is -0.497 e. The summed E-state index contributed by atoms with van der Waals surface area (Å²) >= 11 is 0. The van der Waals surface area contributed by atoms with Crippen LogP contribution in [0.5, 0.6) is 5.75 Å². The van der Waals surface area contributed by atoms with Crippen molar-refractivity contribution in [2.24, 2.45) is 0 Å². The SMILES string of the molecule is C=CCN([C@@H]1CCS(=O)(=O)C1)S(=O)(=O)c1ccc(OC)cc1. The van der Waals surface area contributed by atoms with Gasteiger partial charge in [-0.3, -0.25) is 0 Å². The first kappa shape index (κ1) is 17.0. The zero-order valence-electron chi connectivity index (χ0n) is 12.3. The standard InChI is InChI=1S/C14H19NO5S2/c1-3-9-15(12-8-10-21(16,17)11-12)22(18,19)14-6-4-13(20-2)5-7-14/h3-7,12H,1,8-11H2,2H3/t12-/m1/s1. The van der Waals surface area contributed by atoms with Crippen LogP contribution in [-0.4, -0.2) is 52.3 Å². The van der Waals surface area contributed by atoms with Gasteiger partial charge in [0.15, 0.2) is 9.84 Å². The molecule has 1 saturated heterocycles. The molecule has 1 aromatic carbocycles. The van der Waals surface area contributed by atoms with E-state index in [2.05, 4.69) is 6.58 Å². The molecule has 1 aliphatic heterocycles. The monoisotopic (exact) mass is 345 g/mol. The maximum Gasteiger partial charge on any atom is 0.243 e. The Labute approximate surface area is 131 Å². The van der Waals surface area contributed by atoms with Crippen LogP contribution in [0.1, 0.15) is 6.42 Å². The molecule has 6 nitrogen and oxygen atoms in total. The van der Waals surface area contributed by atoms with Crippen molar-refractivity contribution in [2.75, 3.05) is 25.2 Å². The van der Waals surface area contributed by atoms with Gasteiger partial charge in [0.2, 0.25) is 10.0 Å². The summed E-state index contributed by atoms with van der Waals surface area (Å²) in [5.74, 6) is 0.428. The molecule has 1 heterocycles. The van der Waals surface area contributed by atoms with Crippen molar-refractivity contribution in [2.45, 2.75) is 17.4 Å². The van der Waals surface area contributed by atoms with Crippen molar-refractivity contribution in [1.29, 1.82) is 0 Å². The lowest BCUT2D eigenvalue weighted by atomic mass is 10.2. The Morgan fingerprint density at radius 3 is 2.45 bits per heavy atom. The van der Waals surface area contributed by atoms with Gasteiger partial charge >= 0.3 is 0 Å². The molecule has 2 rings (SSSR count). The van der Waals surface area contributed by atoms with Gasteiger partial charge in [-0.05, 0) is 30.7 Å². The number of hydrogen-bond donors (Lipinski definition) is 0. The number of nitrogens with zero attached hydrogens (tertiary/aromatic N) is 1. The van der Waals surface area contributed by atoms with E-state index >= 15 is 0 Å². The van der Waals surface area contributed by atoms with Crippen LogP contribution in [0.25, 0.3) is 0 Å². The summed E-state index contributed by atoms with van der Waals surface area (Å²) < 4.78 is 55.0. The van der Waals surface area contributed by atoms with Gasteiger partial charge in [0.25, 0.3) is 0 Å². The van der Waals surface area contributed by atoms with Crippen LogP contribution in [0.3, 0.4) is 0 Å². The van der Waals surface area contributed by atoms with Crippen molar-refractivity contribution < 1.29 is 21.6 Å². The fourth-order valence-electron chi connectivity index (χ4n) is 2.46. The molecule has 1 aliphatic rings. The quantitative estimate of drug-likeness (QED) is 0.720. The second-order valence-electron chi connectivity index (χ2n) is 5.10. The van der Waals surface area contributed by atoms with Gasteiger partial charge in [-0.15, -0.1) is 6.58 Å². The summed E-state index contributed by atoms with van der Waals surface area (Å²) in [5.41, 5.74) is 0. The Morgan fingerprint density at radius 2 is 2.00 bits per heavy atom. The van der Waals surface area contributed by atoms with E-state index in [4.69, 9.17) is 4.74 Å². The van der Waals surface area contributed by atoms with Crippen LogP contribution in [0.15, 0.2) is 41.8 Å². The lowest BCUT2D eigenvalue weighted by Gasteiger charge is -2.26. The second kappa shape index (κ2) is 6.39. The summed E-state index contributed by atoms with van der Waals surface area (Å²) in [6.45, 7) is 3.65. The van der Waals surface area contributed by atoms with E-state index in [9.17, 15) is 16.8 Å². The minimum atomic E-state index is -3.78. The average molecular weight is 345 g/mol. The Kier molecular flexibility index (Phi) is 4.93. The number of methoxy groups -OCH3 is 1. The van der Waals surface area contributed by atoms with Crippen molar-refractivity contribution in [3.8, 4) is 5.75 Å². The van der Waals surface area contributed by atoms with Gasteiger partial charge in [0, 0.05) is 12.6 Å². The molecule has 0 aliphatic carbocycles. The third-order valence-corrected chi connectivity index (χ3v) is 7.27. The molecule has 0 unspecified atom stereocenters. The minimum absolute atomic E-state index is 0.0173. The number of rotatable bonds is 6. The van der Waals surface area contributed by atoms with Gasteiger partial charge in [-0.2, -0.15) is 4.31 Å². The van der Waals surface area contributed by atoms with Crippen molar-refractivity contribution in [3.05, 3.63) is 36.9 Å². The second-order valence-corrected chi connectivity index (χ2v) is 9.22. The van der Waals surface area contributed by atoms with Crippen molar-refractivity contribution in [1.82, 2.24) is 4.31 Å². The summed E-state index contributed by atoms with van der Waals surface area (Å²) in [6.07, 6.45) is 1.78. The Balaban J connectivity index is 2.35. The van der Waals surface area contributed by atoms with Gasteiger partial charge < -0.3 is 4.74 Å². The molecule has 8 heteroatoms. The highest BCUT2D eigenvalue weighted by molar-refractivity contribution is 7.92. The van der Waals surface area contributed by atoms with E-state index < -0.39 is 25.9 Å². The molecule has 1 aromatic rings. The van der Waals surface area contributed by atoms with Gasteiger partial charge in [0.1, 0.15) is 5.75 Å². The van der Waals surface area contributed by atoms with Crippen molar-refractivity contribution >= 4 is 19.9 Å². The van der Waals surface area contributed by atoms with Crippen LogP contribution in [0.4, 0.5) is 0 Å². The first-order valence-electron chi connectivity index (χ1n) is 6.77. The zero-order chi connectivity index (χ0) is 16.4. The topological polar surface area (TPSA) is 80.8 Å². The highest BCUT2D eigenvalue weighted by Gasteiger charge is 2.38. The van der Waals surface area contributed by atoms with Crippen LogP contribution < -0.4 is 4.74 Å². The van der Waals surface area contributed by atoms with Gasteiger partial charge in [0.05, 0.1) is 23.5 Å². The molecule has 0 spiro atoms. The Bertz CT molecular complexity index is 738. The Morgan fingerprint density at radius 1 is 1.36 bits per heavy atom. The molecule has 0 bridgehead atoms. The summed E-state index contributed by atoms with van der Waals surface area (Å²) in [4.78, 5) is 0.111. The largest absolute Gasteiger partial charge is 0.497 e.